The van der Waals surface area contributed by atoms with Crippen LogP contribution in [0.4, 0.5) is 0 Å². The normalized spacial score (nSPS) is 11.3. The number of para-hydroxylation sites is 1. The highest BCUT2D eigenvalue weighted by atomic mass is 32.1. The fourth-order valence-corrected chi connectivity index (χ4v) is 3.23. The first-order chi connectivity index (χ1) is 12.3. The van der Waals surface area contributed by atoms with Crippen molar-refractivity contribution in [1.29, 1.82) is 0 Å². The van der Waals surface area contributed by atoms with Crippen molar-refractivity contribution >= 4 is 34.1 Å². The van der Waals surface area contributed by atoms with Gasteiger partial charge in [0, 0.05) is 5.39 Å². The Morgan fingerprint density at radius 2 is 1.92 bits per heavy atom. The summed E-state index contributed by atoms with van der Waals surface area (Å²) in [5.74, 6) is -0.796. The predicted octanol–water partition coefficient (Wildman–Crippen LogP) is 4.03. The Morgan fingerprint density at radius 1 is 1.15 bits per heavy atom. The van der Waals surface area contributed by atoms with Gasteiger partial charge in [0.15, 0.2) is 0 Å². The van der Waals surface area contributed by atoms with Gasteiger partial charge in [-0.1, -0.05) is 24.3 Å². The van der Waals surface area contributed by atoms with Gasteiger partial charge in [0.25, 0.3) is 5.91 Å². The van der Waals surface area contributed by atoms with E-state index in [1.165, 1.54) is 0 Å². The van der Waals surface area contributed by atoms with Crippen LogP contribution in [-0.4, -0.2) is 29.0 Å². The molecule has 0 aliphatic rings. The highest BCUT2D eigenvalue weighted by molar-refractivity contribution is 7.13. The number of aromatic nitrogens is 1. The molecule has 6 heteroatoms. The van der Waals surface area contributed by atoms with E-state index in [0.717, 1.165) is 21.5 Å². The molecule has 0 aliphatic carbocycles. The molecule has 26 heavy (non-hydrogen) atoms. The molecule has 0 spiro atoms. The average molecular weight is 368 g/mol. The van der Waals surface area contributed by atoms with Crippen LogP contribution < -0.4 is 5.32 Å². The molecule has 3 aromatic rings. The van der Waals surface area contributed by atoms with Crippen molar-refractivity contribution in [1.82, 2.24) is 10.3 Å². The predicted molar refractivity (Wildman–Crippen MR) is 103 cm³/mol. The monoisotopic (exact) mass is 368 g/mol. The molecule has 0 atom stereocenters. The van der Waals surface area contributed by atoms with E-state index in [2.05, 4.69) is 10.3 Å². The molecule has 0 unspecified atom stereocenters. The summed E-state index contributed by atoms with van der Waals surface area (Å²) in [6.45, 7) is 5.18. The van der Waals surface area contributed by atoms with Crippen LogP contribution in [0.3, 0.4) is 0 Å². The number of pyridine rings is 1. The molecule has 0 bridgehead atoms. The molecule has 0 saturated carbocycles. The lowest BCUT2D eigenvalue weighted by Crippen LogP contribution is -2.34. The van der Waals surface area contributed by atoms with E-state index in [1.54, 1.807) is 38.2 Å². The van der Waals surface area contributed by atoms with E-state index in [9.17, 15) is 9.59 Å². The Kier molecular flexibility index (Phi) is 5.04. The molecule has 1 N–H and O–H groups in total. The van der Waals surface area contributed by atoms with Gasteiger partial charge in [0.05, 0.1) is 21.7 Å². The van der Waals surface area contributed by atoms with Crippen LogP contribution in [0, 0.1) is 0 Å². The molecule has 2 heterocycles. The van der Waals surface area contributed by atoms with Gasteiger partial charge in [-0.2, -0.15) is 0 Å². The quantitative estimate of drug-likeness (QED) is 0.706. The van der Waals surface area contributed by atoms with Crippen LogP contribution in [0.15, 0.2) is 47.8 Å². The second-order valence-electron chi connectivity index (χ2n) is 6.82. The lowest BCUT2D eigenvalue weighted by molar-refractivity contribution is -0.153. The van der Waals surface area contributed by atoms with Crippen LogP contribution in [-0.2, 0) is 9.53 Å². The van der Waals surface area contributed by atoms with Gasteiger partial charge in [-0.3, -0.25) is 9.59 Å². The fourth-order valence-electron chi connectivity index (χ4n) is 2.54. The van der Waals surface area contributed by atoms with Crippen molar-refractivity contribution < 1.29 is 14.3 Å². The topological polar surface area (TPSA) is 68.3 Å². The number of hydrogen-bond donors (Lipinski definition) is 1. The van der Waals surface area contributed by atoms with Crippen LogP contribution in [0.5, 0.6) is 0 Å². The van der Waals surface area contributed by atoms with Crippen LogP contribution in [0.2, 0.25) is 0 Å². The van der Waals surface area contributed by atoms with E-state index in [-0.39, 0.29) is 12.5 Å². The van der Waals surface area contributed by atoms with E-state index in [0.29, 0.717) is 5.56 Å². The maximum Gasteiger partial charge on any atom is 0.325 e. The number of rotatable bonds is 4. The third kappa shape index (κ3) is 4.26. The number of esters is 1. The number of amides is 1. The second-order valence-corrected chi connectivity index (χ2v) is 7.77. The summed E-state index contributed by atoms with van der Waals surface area (Å²) < 4.78 is 5.23. The van der Waals surface area contributed by atoms with Gasteiger partial charge in [-0.05, 0) is 44.4 Å². The maximum atomic E-state index is 12.7. The molecule has 1 amide bonds. The minimum Gasteiger partial charge on any atom is -0.459 e. The summed E-state index contributed by atoms with van der Waals surface area (Å²) in [4.78, 5) is 30.2. The lowest BCUT2D eigenvalue weighted by atomic mass is 10.1. The third-order valence-corrected chi connectivity index (χ3v) is 4.44. The SMILES string of the molecule is CC(C)(C)OC(=O)CNC(=O)c1cc(-c2cccs2)nc2ccccc12. The first-order valence-electron chi connectivity index (χ1n) is 8.27. The number of nitrogens with zero attached hydrogens (tertiary/aromatic N) is 1. The van der Waals surface area contributed by atoms with E-state index < -0.39 is 11.6 Å². The minimum absolute atomic E-state index is 0.179. The zero-order valence-electron chi connectivity index (χ0n) is 14.9. The second kappa shape index (κ2) is 7.25. The number of thiophene rings is 1. The van der Waals surface area contributed by atoms with E-state index >= 15 is 0 Å². The Bertz CT molecular complexity index is 943. The van der Waals surface area contributed by atoms with Crippen molar-refractivity contribution in [3.8, 4) is 10.6 Å². The van der Waals surface area contributed by atoms with Gasteiger partial charge in [0.2, 0.25) is 0 Å². The van der Waals surface area contributed by atoms with Crippen molar-refractivity contribution in [3.05, 3.63) is 53.4 Å². The molecule has 0 radical (unpaired) electrons. The smallest absolute Gasteiger partial charge is 0.325 e. The molecular weight excluding hydrogens is 348 g/mol. The summed E-state index contributed by atoms with van der Waals surface area (Å²) in [5, 5.41) is 5.36. The van der Waals surface area contributed by atoms with Crippen molar-refractivity contribution in [2.75, 3.05) is 6.54 Å². The molecule has 2 aromatic heterocycles. The number of nitrogens with one attached hydrogen (secondary N) is 1. The summed E-state index contributed by atoms with van der Waals surface area (Å²) >= 11 is 1.56. The first-order valence-corrected chi connectivity index (χ1v) is 9.15. The molecule has 5 nitrogen and oxygen atoms in total. The number of ether oxygens (including phenoxy) is 1. The number of carbonyl (C=O) groups excluding carboxylic acids is 2. The molecular formula is C20H20N2O3S. The molecule has 0 aliphatic heterocycles. The fraction of sp³-hybridized carbons (Fsp3) is 0.250. The Labute approximate surface area is 156 Å². The Morgan fingerprint density at radius 3 is 2.62 bits per heavy atom. The summed E-state index contributed by atoms with van der Waals surface area (Å²) in [6.07, 6.45) is 0. The minimum atomic E-state index is -0.586. The standard InChI is InChI=1S/C20H20N2O3S/c1-20(2,3)25-18(23)12-21-19(24)14-11-16(17-9-6-10-26-17)22-15-8-5-4-7-13(14)15/h4-11H,12H2,1-3H3,(H,21,24). The van der Waals surface area contributed by atoms with Gasteiger partial charge in [0.1, 0.15) is 12.1 Å². The van der Waals surface area contributed by atoms with E-state index in [4.69, 9.17) is 4.74 Å². The van der Waals surface area contributed by atoms with Gasteiger partial charge < -0.3 is 10.1 Å². The molecule has 1 aromatic carbocycles. The average Bonchev–Trinajstić information content (AvgIpc) is 3.12. The highest BCUT2D eigenvalue weighted by Crippen LogP contribution is 2.27. The molecule has 134 valence electrons. The zero-order chi connectivity index (χ0) is 18.7. The third-order valence-electron chi connectivity index (χ3n) is 3.55. The summed E-state index contributed by atoms with van der Waals surface area (Å²) in [5.41, 5.74) is 1.38. The zero-order valence-corrected chi connectivity index (χ0v) is 15.7. The number of hydrogen-bond acceptors (Lipinski definition) is 5. The summed E-state index contributed by atoms with van der Waals surface area (Å²) in [7, 11) is 0. The lowest BCUT2D eigenvalue weighted by Gasteiger charge is -2.19. The van der Waals surface area contributed by atoms with E-state index in [1.807, 2.05) is 41.8 Å². The Balaban J connectivity index is 1.88. The van der Waals surface area contributed by atoms with Crippen molar-refractivity contribution in [2.24, 2.45) is 0 Å². The molecule has 3 rings (SSSR count). The van der Waals surface area contributed by atoms with Gasteiger partial charge >= 0.3 is 5.97 Å². The molecule has 0 saturated heterocycles. The van der Waals surface area contributed by atoms with Crippen molar-refractivity contribution in [3.63, 3.8) is 0 Å². The van der Waals surface area contributed by atoms with Crippen LogP contribution >= 0.6 is 11.3 Å². The van der Waals surface area contributed by atoms with Crippen LogP contribution in [0.1, 0.15) is 31.1 Å². The van der Waals surface area contributed by atoms with Gasteiger partial charge in [-0.15, -0.1) is 11.3 Å². The Hall–Kier alpha value is -2.73. The summed E-state index contributed by atoms with van der Waals surface area (Å²) in [6, 6.07) is 13.1. The number of benzene rings is 1. The maximum absolute atomic E-state index is 12.7. The largest absolute Gasteiger partial charge is 0.459 e. The first kappa shape index (κ1) is 18.1. The van der Waals surface area contributed by atoms with Crippen LogP contribution in [0.25, 0.3) is 21.5 Å². The number of fused-ring (bicyclic) bond motifs is 1. The molecule has 0 fully saturated rings. The number of carbonyl (C=O) groups is 2. The highest BCUT2D eigenvalue weighted by Gasteiger charge is 2.19. The van der Waals surface area contributed by atoms with Gasteiger partial charge in [-0.25, -0.2) is 4.98 Å². The van der Waals surface area contributed by atoms with Crippen molar-refractivity contribution in [2.45, 2.75) is 26.4 Å².